The predicted octanol–water partition coefficient (Wildman–Crippen LogP) is 3.23. The number of rotatable bonds is 8. The van der Waals surface area contributed by atoms with Crippen LogP contribution in [0.15, 0.2) is 42.5 Å². The lowest BCUT2D eigenvalue weighted by atomic mass is 10.2. The second kappa shape index (κ2) is 9.78. The maximum Gasteiger partial charge on any atom is 0.407 e. The molecule has 4 nitrogen and oxygen atoms in total. The Bertz CT molecular complexity index is 440. The lowest BCUT2D eigenvalue weighted by molar-refractivity contribution is -0.112. The molecule has 1 N–H and O–H groups in total. The van der Waals surface area contributed by atoms with Crippen LogP contribution in [0.2, 0.25) is 0 Å². The van der Waals surface area contributed by atoms with E-state index < -0.39 is 6.09 Å². The fourth-order valence-corrected chi connectivity index (χ4v) is 1.60. The van der Waals surface area contributed by atoms with Crippen molar-refractivity contribution in [3.8, 4) is 0 Å². The van der Waals surface area contributed by atoms with Gasteiger partial charge < -0.3 is 10.1 Å². The van der Waals surface area contributed by atoms with Gasteiger partial charge in [-0.25, -0.2) is 4.79 Å². The Labute approximate surface area is 119 Å². The summed E-state index contributed by atoms with van der Waals surface area (Å²) in [6.45, 7) is 2.40. The highest BCUT2D eigenvalue weighted by molar-refractivity contribution is 5.87. The van der Waals surface area contributed by atoms with E-state index in [0.29, 0.717) is 6.54 Å². The molecule has 0 aromatic heterocycles. The Morgan fingerprint density at radius 2 is 1.95 bits per heavy atom. The Morgan fingerprint density at radius 3 is 2.65 bits per heavy atom. The van der Waals surface area contributed by atoms with Crippen LogP contribution in [-0.2, 0) is 16.1 Å². The molecule has 0 aliphatic carbocycles. The van der Waals surface area contributed by atoms with Gasteiger partial charge in [0.2, 0.25) is 0 Å². The molecule has 0 saturated heterocycles. The van der Waals surface area contributed by atoms with Crippen molar-refractivity contribution in [1.82, 2.24) is 5.32 Å². The van der Waals surface area contributed by atoms with E-state index in [0.717, 1.165) is 24.8 Å². The average molecular weight is 275 g/mol. The predicted molar refractivity (Wildman–Crippen MR) is 78.3 cm³/mol. The Kier molecular flexibility index (Phi) is 7.80. The normalized spacial score (nSPS) is 10.4. The molecule has 0 aliphatic heterocycles. The fraction of sp³-hybridized carbons (Fsp3) is 0.375. The summed E-state index contributed by atoms with van der Waals surface area (Å²) in [5.74, 6) is 0.0626. The number of ketones is 1. The van der Waals surface area contributed by atoms with Crippen molar-refractivity contribution in [2.45, 2.75) is 32.8 Å². The first-order chi connectivity index (χ1) is 9.68. The highest BCUT2D eigenvalue weighted by Gasteiger charge is 2.01. The largest absolute Gasteiger partial charge is 0.445 e. The summed E-state index contributed by atoms with van der Waals surface area (Å²) in [5, 5.41) is 2.70. The highest BCUT2D eigenvalue weighted by Crippen LogP contribution is 2.00. The van der Waals surface area contributed by atoms with Crippen LogP contribution in [0.25, 0.3) is 0 Å². The number of unbranched alkanes of at least 4 members (excludes halogenated alkanes) is 2. The van der Waals surface area contributed by atoms with Gasteiger partial charge in [0.05, 0.1) is 0 Å². The molecule has 0 bridgehead atoms. The molecule has 0 atom stereocenters. The van der Waals surface area contributed by atoms with E-state index in [-0.39, 0.29) is 12.4 Å². The first kappa shape index (κ1) is 16.0. The monoisotopic (exact) mass is 275 g/mol. The maximum absolute atomic E-state index is 11.4. The summed E-state index contributed by atoms with van der Waals surface area (Å²) in [7, 11) is 0. The van der Waals surface area contributed by atoms with E-state index in [1.165, 1.54) is 6.92 Å². The van der Waals surface area contributed by atoms with Crippen LogP contribution in [0.4, 0.5) is 4.79 Å². The van der Waals surface area contributed by atoms with Gasteiger partial charge in [0.25, 0.3) is 0 Å². The summed E-state index contributed by atoms with van der Waals surface area (Å²) >= 11 is 0. The lowest BCUT2D eigenvalue weighted by Crippen LogP contribution is -2.25. The second-order valence-corrected chi connectivity index (χ2v) is 4.50. The van der Waals surface area contributed by atoms with Crippen LogP contribution in [0, 0.1) is 0 Å². The van der Waals surface area contributed by atoms with Crippen molar-refractivity contribution < 1.29 is 14.3 Å². The van der Waals surface area contributed by atoms with Gasteiger partial charge in [0, 0.05) is 6.54 Å². The standard InChI is InChI=1S/C16H21NO3/c1-14(18)9-5-2-3-8-12-17-16(19)20-13-15-10-6-4-7-11-15/h4-7,9-11H,2-3,8,12-13H2,1H3,(H,17,19)/b9-5+. The molecule has 0 fully saturated rings. The summed E-state index contributed by atoms with van der Waals surface area (Å²) in [6, 6.07) is 9.56. The summed E-state index contributed by atoms with van der Waals surface area (Å²) in [6.07, 6.45) is 5.68. The zero-order valence-corrected chi connectivity index (χ0v) is 11.8. The molecule has 0 spiro atoms. The van der Waals surface area contributed by atoms with Gasteiger partial charge in [-0.15, -0.1) is 0 Å². The first-order valence-corrected chi connectivity index (χ1v) is 6.80. The molecule has 4 heteroatoms. The van der Waals surface area contributed by atoms with Crippen molar-refractivity contribution in [3.63, 3.8) is 0 Å². The molecule has 1 aromatic carbocycles. The third-order valence-electron chi connectivity index (χ3n) is 2.63. The molecular weight excluding hydrogens is 254 g/mol. The zero-order chi connectivity index (χ0) is 14.6. The van der Waals surface area contributed by atoms with Crippen LogP contribution in [-0.4, -0.2) is 18.4 Å². The number of amides is 1. The lowest BCUT2D eigenvalue weighted by Gasteiger charge is -2.06. The third-order valence-corrected chi connectivity index (χ3v) is 2.63. The Morgan fingerprint density at radius 1 is 1.20 bits per heavy atom. The Hall–Kier alpha value is -2.10. The van der Waals surface area contributed by atoms with E-state index in [1.54, 1.807) is 6.08 Å². The molecule has 0 saturated carbocycles. The second-order valence-electron chi connectivity index (χ2n) is 4.50. The number of nitrogens with one attached hydrogen (secondary N) is 1. The number of alkyl carbamates (subject to hydrolysis) is 1. The van der Waals surface area contributed by atoms with Crippen molar-refractivity contribution >= 4 is 11.9 Å². The molecule has 1 amide bonds. The van der Waals surface area contributed by atoms with E-state index >= 15 is 0 Å². The zero-order valence-electron chi connectivity index (χ0n) is 11.8. The molecule has 0 radical (unpaired) electrons. The number of ether oxygens (including phenoxy) is 1. The van der Waals surface area contributed by atoms with E-state index in [9.17, 15) is 9.59 Å². The van der Waals surface area contributed by atoms with Gasteiger partial charge in [-0.05, 0) is 37.8 Å². The molecule has 0 unspecified atom stereocenters. The molecule has 108 valence electrons. The average Bonchev–Trinajstić information content (AvgIpc) is 2.45. The number of hydrogen-bond acceptors (Lipinski definition) is 3. The molecule has 1 rings (SSSR count). The topological polar surface area (TPSA) is 55.4 Å². The van der Waals surface area contributed by atoms with Gasteiger partial charge in [-0.2, -0.15) is 0 Å². The van der Waals surface area contributed by atoms with Crippen LogP contribution < -0.4 is 5.32 Å². The number of carbonyl (C=O) groups is 2. The minimum absolute atomic E-state index is 0.0626. The van der Waals surface area contributed by atoms with Crippen LogP contribution in [0.1, 0.15) is 31.7 Å². The third kappa shape index (κ3) is 8.08. The summed E-state index contributed by atoms with van der Waals surface area (Å²) < 4.78 is 5.08. The van der Waals surface area contributed by atoms with Gasteiger partial charge in [-0.3, -0.25) is 4.79 Å². The minimum Gasteiger partial charge on any atom is -0.445 e. The number of allylic oxidation sites excluding steroid dienone is 2. The van der Waals surface area contributed by atoms with E-state index in [1.807, 2.05) is 36.4 Å². The molecule has 0 heterocycles. The number of carbonyl (C=O) groups excluding carboxylic acids is 2. The van der Waals surface area contributed by atoms with Gasteiger partial charge in [-0.1, -0.05) is 36.4 Å². The smallest absolute Gasteiger partial charge is 0.407 e. The van der Waals surface area contributed by atoms with Crippen molar-refractivity contribution in [2.75, 3.05) is 6.54 Å². The Balaban J connectivity index is 2.02. The van der Waals surface area contributed by atoms with Crippen LogP contribution in [0.5, 0.6) is 0 Å². The minimum atomic E-state index is -0.395. The fourth-order valence-electron chi connectivity index (χ4n) is 1.60. The van der Waals surface area contributed by atoms with Crippen LogP contribution >= 0.6 is 0 Å². The van der Waals surface area contributed by atoms with Gasteiger partial charge in [0.15, 0.2) is 5.78 Å². The molecule has 0 aliphatic rings. The maximum atomic E-state index is 11.4. The van der Waals surface area contributed by atoms with Crippen molar-refractivity contribution in [1.29, 1.82) is 0 Å². The number of benzene rings is 1. The molecule has 1 aromatic rings. The quantitative estimate of drug-likeness (QED) is 0.585. The summed E-state index contributed by atoms with van der Waals surface area (Å²) in [5.41, 5.74) is 0.969. The highest BCUT2D eigenvalue weighted by atomic mass is 16.5. The van der Waals surface area contributed by atoms with E-state index in [4.69, 9.17) is 4.74 Å². The molecular formula is C16H21NO3. The van der Waals surface area contributed by atoms with E-state index in [2.05, 4.69) is 5.32 Å². The van der Waals surface area contributed by atoms with Gasteiger partial charge in [0.1, 0.15) is 6.61 Å². The molecule has 20 heavy (non-hydrogen) atoms. The van der Waals surface area contributed by atoms with Crippen molar-refractivity contribution in [2.24, 2.45) is 0 Å². The van der Waals surface area contributed by atoms with Crippen LogP contribution in [0.3, 0.4) is 0 Å². The van der Waals surface area contributed by atoms with Gasteiger partial charge >= 0.3 is 6.09 Å². The first-order valence-electron chi connectivity index (χ1n) is 6.80. The summed E-state index contributed by atoms with van der Waals surface area (Å²) in [4.78, 5) is 22.1. The van der Waals surface area contributed by atoms with Crippen molar-refractivity contribution in [3.05, 3.63) is 48.0 Å². The SMILES string of the molecule is CC(=O)/C=C/CCCCNC(=O)OCc1ccccc1. The number of hydrogen-bond donors (Lipinski definition) is 1.